The maximum absolute atomic E-state index is 11.2. The molecule has 11 heavy (non-hydrogen) atoms. The van der Waals surface area contributed by atoms with Gasteiger partial charge in [0.25, 0.3) is 0 Å². The van der Waals surface area contributed by atoms with Crippen LogP contribution >= 0.6 is 11.6 Å². The Balaban J connectivity index is 2.36. The summed E-state index contributed by atoms with van der Waals surface area (Å²) in [4.78, 5) is 11.2. The van der Waals surface area contributed by atoms with Crippen LogP contribution in [-0.2, 0) is 4.79 Å². The Morgan fingerprint density at radius 3 is 2.18 bits per heavy atom. The van der Waals surface area contributed by atoms with Crippen LogP contribution in [0.15, 0.2) is 0 Å². The zero-order valence-electron chi connectivity index (χ0n) is 6.81. The number of hydrogen-bond donors (Lipinski definition) is 0. The Morgan fingerprint density at radius 2 is 1.73 bits per heavy atom. The maximum atomic E-state index is 11.2. The number of hydrogen-bond acceptors (Lipinski definition) is 1. The average molecular weight is 175 g/mol. The second-order valence-corrected chi connectivity index (χ2v) is 3.56. The van der Waals surface area contributed by atoms with E-state index in [1.54, 1.807) is 0 Å². The summed E-state index contributed by atoms with van der Waals surface area (Å²) in [5.74, 6) is 0.758. The van der Waals surface area contributed by atoms with E-state index < -0.39 is 0 Å². The van der Waals surface area contributed by atoms with Gasteiger partial charge in [0.2, 0.25) is 0 Å². The first kappa shape index (κ1) is 9.05. The normalized spacial score (nSPS) is 21.2. The van der Waals surface area contributed by atoms with Gasteiger partial charge in [-0.3, -0.25) is 4.79 Å². The van der Waals surface area contributed by atoms with Crippen molar-refractivity contribution in [2.24, 2.45) is 5.92 Å². The number of carbonyl (C=O) groups excluding carboxylic acids is 1. The van der Waals surface area contributed by atoms with Gasteiger partial charge in [-0.1, -0.05) is 25.7 Å². The molecule has 0 aromatic rings. The molecule has 0 bridgehead atoms. The highest BCUT2D eigenvalue weighted by atomic mass is 35.5. The zero-order valence-corrected chi connectivity index (χ0v) is 7.57. The molecule has 0 unspecified atom stereocenters. The van der Waals surface area contributed by atoms with Crippen LogP contribution in [0.4, 0.5) is 0 Å². The highest BCUT2D eigenvalue weighted by Gasteiger charge is 2.18. The third kappa shape index (κ3) is 2.82. The molecule has 0 aliphatic heterocycles. The molecule has 2 heteroatoms. The van der Waals surface area contributed by atoms with Crippen LogP contribution < -0.4 is 0 Å². The summed E-state index contributed by atoms with van der Waals surface area (Å²) in [6.45, 7) is 0. The molecule has 0 N–H and O–H groups in total. The summed E-state index contributed by atoms with van der Waals surface area (Å²) >= 11 is 5.49. The highest BCUT2D eigenvalue weighted by Crippen LogP contribution is 2.23. The first-order valence-corrected chi connectivity index (χ1v) is 4.96. The van der Waals surface area contributed by atoms with E-state index in [9.17, 15) is 4.79 Å². The standard InChI is InChI=1S/C9H15ClO/c10-7-9(11)8-5-3-1-2-4-6-8/h8H,1-7H2. The molecule has 0 radical (unpaired) electrons. The molecule has 0 saturated heterocycles. The van der Waals surface area contributed by atoms with Gasteiger partial charge in [0.05, 0.1) is 5.88 Å². The second-order valence-electron chi connectivity index (χ2n) is 3.29. The molecular weight excluding hydrogens is 160 g/mol. The third-order valence-corrected chi connectivity index (χ3v) is 2.71. The van der Waals surface area contributed by atoms with Crippen molar-refractivity contribution in [2.45, 2.75) is 38.5 Å². The van der Waals surface area contributed by atoms with Crippen molar-refractivity contribution in [1.82, 2.24) is 0 Å². The molecule has 0 atom stereocenters. The summed E-state index contributed by atoms with van der Waals surface area (Å²) in [6, 6.07) is 0. The topological polar surface area (TPSA) is 17.1 Å². The monoisotopic (exact) mass is 174 g/mol. The van der Waals surface area contributed by atoms with Gasteiger partial charge in [0.15, 0.2) is 5.78 Å². The number of Topliss-reactive ketones (excluding diaryl/α,β-unsaturated/α-hetero) is 1. The third-order valence-electron chi connectivity index (χ3n) is 2.44. The Morgan fingerprint density at radius 1 is 1.18 bits per heavy atom. The minimum absolute atomic E-state index is 0.213. The SMILES string of the molecule is O=C(CCl)C1CCCCCC1. The van der Waals surface area contributed by atoms with E-state index in [-0.39, 0.29) is 17.6 Å². The first-order chi connectivity index (χ1) is 5.34. The van der Waals surface area contributed by atoms with Crippen LogP contribution in [0.25, 0.3) is 0 Å². The van der Waals surface area contributed by atoms with Crippen molar-refractivity contribution >= 4 is 17.4 Å². The van der Waals surface area contributed by atoms with Crippen LogP contribution in [0.5, 0.6) is 0 Å². The Hall–Kier alpha value is -0.0400. The maximum Gasteiger partial charge on any atom is 0.150 e. The fraction of sp³-hybridized carbons (Fsp3) is 0.889. The van der Waals surface area contributed by atoms with Gasteiger partial charge in [-0.25, -0.2) is 0 Å². The van der Waals surface area contributed by atoms with Gasteiger partial charge >= 0.3 is 0 Å². The van der Waals surface area contributed by atoms with E-state index in [1.807, 2.05) is 0 Å². The largest absolute Gasteiger partial charge is 0.298 e. The van der Waals surface area contributed by atoms with E-state index in [0.717, 1.165) is 12.8 Å². The second kappa shape index (κ2) is 4.76. The molecule has 1 nitrogen and oxygen atoms in total. The fourth-order valence-corrected chi connectivity index (χ4v) is 1.93. The van der Waals surface area contributed by atoms with Crippen LogP contribution in [0.2, 0.25) is 0 Å². The number of rotatable bonds is 2. The zero-order chi connectivity index (χ0) is 8.10. The van der Waals surface area contributed by atoms with Gasteiger partial charge in [-0.2, -0.15) is 0 Å². The molecule has 0 spiro atoms. The number of carbonyl (C=O) groups is 1. The minimum atomic E-state index is 0.213. The number of halogens is 1. The van der Waals surface area contributed by atoms with Crippen LogP contribution in [-0.4, -0.2) is 11.7 Å². The van der Waals surface area contributed by atoms with E-state index in [0.29, 0.717) is 0 Å². The molecule has 0 heterocycles. The van der Waals surface area contributed by atoms with Gasteiger partial charge < -0.3 is 0 Å². The fourth-order valence-electron chi connectivity index (χ4n) is 1.71. The molecule has 1 aliphatic carbocycles. The molecule has 0 amide bonds. The number of alkyl halides is 1. The minimum Gasteiger partial charge on any atom is -0.298 e. The molecule has 1 fully saturated rings. The molecule has 0 aromatic heterocycles. The van der Waals surface area contributed by atoms with Crippen molar-refractivity contribution in [3.05, 3.63) is 0 Å². The summed E-state index contributed by atoms with van der Waals surface area (Å²) in [7, 11) is 0. The van der Waals surface area contributed by atoms with Crippen LogP contribution in [0.1, 0.15) is 38.5 Å². The van der Waals surface area contributed by atoms with Crippen molar-refractivity contribution in [2.75, 3.05) is 5.88 Å². The lowest BCUT2D eigenvalue weighted by atomic mass is 9.97. The van der Waals surface area contributed by atoms with Crippen molar-refractivity contribution < 1.29 is 4.79 Å². The summed E-state index contributed by atoms with van der Waals surface area (Å²) in [5, 5.41) is 0. The van der Waals surface area contributed by atoms with E-state index >= 15 is 0 Å². The predicted molar refractivity (Wildman–Crippen MR) is 46.9 cm³/mol. The van der Waals surface area contributed by atoms with E-state index in [4.69, 9.17) is 11.6 Å². The lowest BCUT2D eigenvalue weighted by molar-refractivity contribution is -0.120. The quantitative estimate of drug-likeness (QED) is 0.465. The molecule has 1 rings (SSSR count). The Labute approximate surface area is 73.1 Å². The van der Waals surface area contributed by atoms with Crippen molar-refractivity contribution in [3.63, 3.8) is 0 Å². The summed E-state index contributed by atoms with van der Waals surface area (Å²) in [5.41, 5.74) is 0. The van der Waals surface area contributed by atoms with Crippen LogP contribution in [0, 0.1) is 5.92 Å². The van der Waals surface area contributed by atoms with Gasteiger partial charge in [-0.05, 0) is 12.8 Å². The smallest absolute Gasteiger partial charge is 0.150 e. The van der Waals surface area contributed by atoms with Gasteiger partial charge in [-0.15, -0.1) is 11.6 Å². The molecule has 0 aromatic carbocycles. The van der Waals surface area contributed by atoms with Crippen LogP contribution in [0.3, 0.4) is 0 Å². The Kier molecular flexibility index (Phi) is 3.92. The molecule has 1 aliphatic rings. The van der Waals surface area contributed by atoms with Gasteiger partial charge in [0, 0.05) is 5.92 Å². The highest BCUT2D eigenvalue weighted by molar-refractivity contribution is 6.27. The molecular formula is C9H15ClO. The van der Waals surface area contributed by atoms with Gasteiger partial charge in [0.1, 0.15) is 0 Å². The van der Waals surface area contributed by atoms with E-state index in [2.05, 4.69) is 0 Å². The van der Waals surface area contributed by atoms with Crippen molar-refractivity contribution in [1.29, 1.82) is 0 Å². The molecule has 1 saturated carbocycles. The number of ketones is 1. The lowest BCUT2D eigenvalue weighted by Crippen LogP contribution is -2.14. The Bertz CT molecular complexity index is 126. The summed E-state index contributed by atoms with van der Waals surface area (Å²) < 4.78 is 0. The first-order valence-electron chi connectivity index (χ1n) is 4.43. The lowest BCUT2D eigenvalue weighted by Gasteiger charge is -2.09. The van der Waals surface area contributed by atoms with Crippen molar-refractivity contribution in [3.8, 4) is 0 Å². The average Bonchev–Trinajstić information content (AvgIpc) is 2.30. The predicted octanol–water partition coefficient (Wildman–Crippen LogP) is 2.76. The van der Waals surface area contributed by atoms with E-state index in [1.165, 1.54) is 25.7 Å². The molecule has 64 valence electrons. The summed E-state index contributed by atoms with van der Waals surface area (Å²) in [6.07, 6.45) is 7.18.